The summed E-state index contributed by atoms with van der Waals surface area (Å²) < 4.78 is 5.07. The zero-order valence-corrected chi connectivity index (χ0v) is 11.5. The Balaban J connectivity index is 4.33. The van der Waals surface area contributed by atoms with E-state index in [1.165, 1.54) is 0 Å². The molecule has 0 aromatic carbocycles. The largest absolute Gasteiger partial charge is 0.444 e. The van der Waals surface area contributed by atoms with Crippen molar-refractivity contribution in [2.24, 2.45) is 0 Å². The van der Waals surface area contributed by atoms with E-state index in [2.05, 4.69) is 5.32 Å². The van der Waals surface area contributed by atoms with E-state index in [9.17, 15) is 9.90 Å². The fourth-order valence-corrected chi connectivity index (χ4v) is 1.59. The highest BCUT2D eigenvalue weighted by molar-refractivity contribution is 7.98. The molecule has 0 heterocycles. The number of carbonyl (C=O) groups is 1. The fraction of sp³-hybridized carbons (Fsp3) is 0.818. The molecule has 0 rings (SSSR count). The number of nitrogens with one attached hydrogen (secondary N) is 1. The van der Waals surface area contributed by atoms with Crippen LogP contribution >= 0.6 is 11.8 Å². The molecular weight excluding hydrogens is 240 g/mol. The third-order valence-electron chi connectivity index (χ3n) is 1.85. The minimum Gasteiger partial charge on any atom is -0.444 e. The maximum absolute atomic E-state index is 11.5. The lowest BCUT2D eigenvalue weighted by Gasteiger charge is -2.24. The highest BCUT2D eigenvalue weighted by Crippen LogP contribution is 2.09. The summed E-state index contributed by atoms with van der Waals surface area (Å²) in [4.78, 5) is 11.5. The number of ether oxygens (including phenoxy) is 1. The number of nitriles is 1. The van der Waals surface area contributed by atoms with Crippen LogP contribution in [0.3, 0.4) is 0 Å². The van der Waals surface area contributed by atoms with Crippen molar-refractivity contribution >= 4 is 17.9 Å². The van der Waals surface area contributed by atoms with E-state index >= 15 is 0 Å². The number of amides is 1. The van der Waals surface area contributed by atoms with Crippen LogP contribution in [0.4, 0.5) is 4.79 Å². The van der Waals surface area contributed by atoms with Crippen LogP contribution in [-0.2, 0) is 4.74 Å². The van der Waals surface area contributed by atoms with Crippen molar-refractivity contribution in [3.05, 3.63) is 0 Å². The maximum Gasteiger partial charge on any atom is 0.407 e. The molecule has 98 valence electrons. The number of alkyl carbamates (subject to hydrolysis) is 1. The van der Waals surface area contributed by atoms with Gasteiger partial charge < -0.3 is 15.2 Å². The van der Waals surface area contributed by atoms with Crippen LogP contribution in [0, 0.1) is 11.3 Å². The quantitative estimate of drug-likeness (QED) is 0.732. The molecule has 0 bridgehead atoms. The summed E-state index contributed by atoms with van der Waals surface area (Å²) >= 11 is 1.59. The van der Waals surface area contributed by atoms with Gasteiger partial charge in [-0.1, -0.05) is 0 Å². The van der Waals surface area contributed by atoms with Crippen LogP contribution in [0.1, 0.15) is 27.2 Å². The van der Waals surface area contributed by atoms with Crippen LogP contribution < -0.4 is 5.32 Å². The molecule has 2 atom stereocenters. The first-order chi connectivity index (χ1) is 7.80. The highest BCUT2D eigenvalue weighted by atomic mass is 32.2. The minimum atomic E-state index is -1.21. The highest BCUT2D eigenvalue weighted by Gasteiger charge is 2.23. The molecule has 6 heteroatoms. The number of rotatable bonds is 5. The number of hydrogen-bond donors (Lipinski definition) is 2. The second-order valence-corrected chi connectivity index (χ2v) is 5.59. The monoisotopic (exact) mass is 260 g/mol. The van der Waals surface area contributed by atoms with Crippen molar-refractivity contribution in [3.63, 3.8) is 0 Å². The van der Waals surface area contributed by atoms with Gasteiger partial charge in [-0.05, 0) is 39.2 Å². The van der Waals surface area contributed by atoms with E-state index in [0.29, 0.717) is 6.42 Å². The van der Waals surface area contributed by atoms with E-state index in [4.69, 9.17) is 10.00 Å². The Morgan fingerprint density at radius 1 is 1.59 bits per heavy atom. The van der Waals surface area contributed by atoms with Gasteiger partial charge in [0.15, 0.2) is 6.10 Å². The van der Waals surface area contributed by atoms with E-state index < -0.39 is 23.8 Å². The Kier molecular flexibility index (Phi) is 7.00. The molecule has 0 aliphatic rings. The number of hydrogen-bond acceptors (Lipinski definition) is 5. The molecule has 1 amide bonds. The van der Waals surface area contributed by atoms with E-state index in [-0.39, 0.29) is 0 Å². The molecule has 0 aliphatic carbocycles. The van der Waals surface area contributed by atoms with Crippen molar-refractivity contribution in [1.29, 1.82) is 5.26 Å². The zero-order valence-electron chi connectivity index (χ0n) is 10.7. The van der Waals surface area contributed by atoms with Gasteiger partial charge in [-0.2, -0.15) is 17.0 Å². The summed E-state index contributed by atoms with van der Waals surface area (Å²) in [7, 11) is 0. The topological polar surface area (TPSA) is 82.3 Å². The van der Waals surface area contributed by atoms with Gasteiger partial charge >= 0.3 is 6.09 Å². The number of carbonyl (C=O) groups excluding carboxylic acids is 1. The first-order valence-corrected chi connectivity index (χ1v) is 6.75. The average molecular weight is 260 g/mol. The fourth-order valence-electron chi connectivity index (χ4n) is 1.10. The summed E-state index contributed by atoms with van der Waals surface area (Å²) in [5.74, 6) is 0.749. The number of nitrogens with zero attached hydrogens (tertiary/aromatic N) is 1. The first kappa shape index (κ1) is 16.1. The third kappa shape index (κ3) is 7.88. The molecule has 0 saturated heterocycles. The second kappa shape index (κ2) is 7.41. The van der Waals surface area contributed by atoms with Crippen molar-refractivity contribution in [2.75, 3.05) is 12.0 Å². The number of aliphatic hydroxyl groups is 1. The Hall–Kier alpha value is -0.930. The Labute approximate surface area is 107 Å². The SMILES string of the molecule is CSCCC(NC(=O)OC(C)(C)C)C(O)C#N. The second-order valence-electron chi connectivity index (χ2n) is 4.61. The first-order valence-electron chi connectivity index (χ1n) is 5.36. The van der Waals surface area contributed by atoms with Crippen molar-refractivity contribution < 1.29 is 14.6 Å². The maximum atomic E-state index is 11.5. The third-order valence-corrected chi connectivity index (χ3v) is 2.49. The van der Waals surface area contributed by atoms with Crippen LogP contribution in [0.5, 0.6) is 0 Å². The molecule has 17 heavy (non-hydrogen) atoms. The van der Waals surface area contributed by atoms with Crippen molar-refractivity contribution in [1.82, 2.24) is 5.32 Å². The molecule has 0 aromatic heterocycles. The van der Waals surface area contributed by atoms with Crippen LogP contribution in [0.25, 0.3) is 0 Å². The number of aliphatic hydroxyl groups excluding tert-OH is 1. The smallest absolute Gasteiger partial charge is 0.407 e. The Bertz CT molecular complexity index is 283. The van der Waals surface area contributed by atoms with Crippen LogP contribution in [-0.4, -0.2) is 41.0 Å². The van der Waals surface area contributed by atoms with Crippen LogP contribution in [0.15, 0.2) is 0 Å². The van der Waals surface area contributed by atoms with E-state index in [0.717, 1.165) is 5.75 Å². The van der Waals surface area contributed by atoms with Gasteiger partial charge in [-0.25, -0.2) is 4.79 Å². The lowest BCUT2D eigenvalue weighted by Crippen LogP contribution is -2.45. The normalized spacial score (nSPS) is 14.6. The molecule has 2 unspecified atom stereocenters. The van der Waals surface area contributed by atoms with E-state index in [1.807, 2.05) is 6.26 Å². The van der Waals surface area contributed by atoms with Gasteiger partial charge in [0.1, 0.15) is 5.60 Å². The van der Waals surface area contributed by atoms with E-state index in [1.54, 1.807) is 38.6 Å². The molecule has 0 saturated carbocycles. The van der Waals surface area contributed by atoms with Gasteiger partial charge in [0, 0.05) is 0 Å². The lowest BCUT2D eigenvalue weighted by molar-refractivity contribution is 0.0457. The van der Waals surface area contributed by atoms with Gasteiger partial charge in [0.05, 0.1) is 12.1 Å². The van der Waals surface area contributed by atoms with Crippen molar-refractivity contribution in [2.45, 2.75) is 44.9 Å². The predicted molar refractivity (Wildman–Crippen MR) is 67.8 cm³/mol. The summed E-state index contributed by atoms with van der Waals surface area (Å²) in [6, 6.07) is 1.12. The zero-order chi connectivity index (χ0) is 13.5. The van der Waals surface area contributed by atoms with Gasteiger partial charge in [0.25, 0.3) is 0 Å². The van der Waals surface area contributed by atoms with Gasteiger partial charge in [0.2, 0.25) is 0 Å². The Morgan fingerprint density at radius 2 is 2.18 bits per heavy atom. The lowest BCUT2D eigenvalue weighted by atomic mass is 10.1. The molecule has 0 radical (unpaired) electrons. The molecule has 0 aromatic rings. The average Bonchev–Trinajstić information content (AvgIpc) is 2.20. The standard InChI is InChI=1S/C11H20N2O3S/c1-11(2,3)16-10(15)13-8(5-6-17-4)9(14)7-12/h8-9,14H,5-6H2,1-4H3,(H,13,15). The molecule has 5 nitrogen and oxygen atoms in total. The Morgan fingerprint density at radius 3 is 2.59 bits per heavy atom. The summed E-state index contributed by atoms with van der Waals surface area (Å²) in [6.07, 6.45) is 0.617. The summed E-state index contributed by atoms with van der Waals surface area (Å²) in [6.45, 7) is 5.26. The van der Waals surface area contributed by atoms with Crippen molar-refractivity contribution in [3.8, 4) is 6.07 Å². The molecule has 0 aliphatic heterocycles. The predicted octanol–water partition coefficient (Wildman–Crippen LogP) is 1.52. The van der Waals surface area contributed by atoms with Crippen LogP contribution in [0.2, 0.25) is 0 Å². The molecule has 2 N–H and O–H groups in total. The molecular formula is C11H20N2O3S. The van der Waals surface area contributed by atoms with Gasteiger partial charge in [-0.15, -0.1) is 0 Å². The number of thioether (sulfide) groups is 1. The minimum absolute atomic E-state index is 0.523. The molecule has 0 fully saturated rings. The van der Waals surface area contributed by atoms with Gasteiger partial charge in [-0.3, -0.25) is 0 Å². The molecule has 0 spiro atoms. The summed E-state index contributed by atoms with van der Waals surface area (Å²) in [5, 5.41) is 20.6. The summed E-state index contributed by atoms with van der Waals surface area (Å²) in [5.41, 5.74) is -0.592.